The molecule has 1 unspecified atom stereocenters. The third-order valence-electron chi connectivity index (χ3n) is 1.74. The summed E-state index contributed by atoms with van der Waals surface area (Å²) in [6.45, 7) is 1.81. The predicted molar refractivity (Wildman–Crippen MR) is 43.5 cm³/mol. The Labute approximate surface area is 70.3 Å². The summed E-state index contributed by atoms with van der Waals surface area (Å²) in [5.74, 6) is 0.484. The summed E-state index contributed by atoms with van der Waals surface area (Å²) < 4.78 is 5.24. The van der Waals surface area contributed by atoms with Crippen molar-refractivity contribution in [3.05, 3.63) is 5.89 Å². The predicted octanol–water partition coefficient (Wildman–Crippen LogP) is 0.664. The van der Waals surface area contributed by atoms with E-state index >= 15 is 0 Å². The Kier molecular flexibility index (Phi) is 1.73. The third-order valence-corrected chi connectivity index (χ3v) is 1.74. The molecule has 1 aromatic heterocycles. The van der Waals surface area contributed by atoms with Crippen molar-refractivity contribution >= 4 is 6.01 Å². The molecule has 1 saturated carbocycles. The smallest absolute Gasteiger partial charge is 0.315 e. The van der Waals surface area contributed by atoms with E-state index < -0.39 is 0 Å². The van der Waals surface area contributed by atoms with Crippen LogP contribution in [0.2, 0.25) is 0 Å². The molecule has 3 N–H and O–H groups in total. The molecule has 0 spiro atoms. The van der Waals surface area contributed by atoms with Gasteiger partial charge in [0.15, 0.2) is 0 Å². The van der Waals surface area contributed by atoms with Gasteiger partial charge in [0.2, 0.25) is 5.89 Å². The Morgan fingerprint density at radius 2 is 2.33 bits per heavy atom. The number of nitrogens with two attached hydrogens (primary N) is 1. The van der Waals surface area contributed by atoms with Gasteiger partial charge in [0, 0.05) is 6.04 Å². The summed E-state index contributed by atoms with van der Waals surface area (Å²) in [4.78, 5) is 0. The lowest BCUT2D eigenvalue weighted by Crippen LogP contribution is -2.04. The van der Waals surface area contributed by atoms with E-state index in [2.05, 4.69) is 15.5 Å². The molecule has 0 aromatic carbocycles. The van der Waals surface area contributed by atoms with Crippen LogP contribution in [0, 0.1) is 0 Å². The Bertz CT molecular complexity index is 266. The topological polar surface area (TPSA) is 77.0 Å². The van der Waals surface area contributed by atoms with E-state index in [1.807, 2.05) is 6.92 Å². The Balaban J connectivity index is 2.02. The third kappa shape index (κ3) is 1.55. The van der Waals surface area contributed by atoms with E-state index in [4.69, 9.17) is 10.2 Å². The number of rotatable bonds is 3. The molecule has 0 aliphatic heterocycles. The molecule has 1 aromatic rings. The summed E-state index contributed by atoms with van der Waals surface area (Å²) in [5, 5.41) is 10.7. The van der Waals surface area contributed by atoms with Crippen LogP contribution in [0.3, 0.4) is 0 Å². The minimum absolute atomic E-state index is 0.188. The largest absolute Gasteiger partial charge is 0.406 e. The van der Waals surface area contributed by atoms with Gasteiger partial charge >= 0.3 is 6.01 Å². The van der Waals surface area contributed by atoms with Gasteiger partial charge in [0.25, 0.3) is 0 Å². The molecule has 0 bridgehead atoms. The lowest BCUT2D eigenvalue weighted by molar-refractivity contribution is 0.472. The van der Waals surface area contributed by atoms with Crippen LogP contribution in [0.5, 0.6) is 0 Å². The van der Waals surface area contributed by atoms with Gasteiger partial charge in [-0.05, 0) is 19.8 Å². The SMILES string of the molecule is CC(N)c1nnc(NC2CC2)o1. The first kappa shape index (κ1) is 7.54. The number of anilines is 1. The number of nitrogens with one attached hydrogen (secondary N) is 1. The van der Waals surface area contributed by atoms with Gasteiger partial charge in [0.1, 0.15) is 0 Å². The zero-order valence-corrected chi connectivity index (χ0v) is 6.95. The molecule has 1 aliphatic rings. The van der Waals surface area contributed by atoms with Crippen LogP contribution in [-0.2, 0) is 0 Å². The van der Waals surface area contributed by atoms with Crippen molar-refractivity contribution < 1.29 is 4.42 Å². The number of hydrogen-bond acceptors (Lipinski definition) is 5. The van der Waals surface area contributed by atoms with Crippen LogP contribution in [0.1, 0.15) is 31.7 Å². The van der Waals surface area contributed by atoms with E-state index in [-0.39, 0.29) is 6.04 Å². The van der Waals surface area contributed by atoms with E-state index in [0.29, 0.717) is 17.9 Å². The Morgan fingerprint density at radius 1 is 1.58 bits per heavy atom. The maximum absolute atomic E-state index is 5.55. The van der Waals surface area contributed by atoms with E-state index in [1.54, 1.807) is 0 Å². The summed E-state index contributed by atoms with van der Waals surface area (Å²) in [6, 6.07) is 0.837. The average Bonchev–Trinajstić information content (AvgIpc) is 2.66. The van der Waals surface area contributed by atoms with E-state index in [1.165, 1.54) is 12.8 Å². The summed E-state index contributed by atoms with van der Waals surface area (Å²) in [5.41, 5.74) is 5.55. The lowest BCUT2D eigenvalue weighted by Gasteiger charge is -1.96. The van der Waals surface area contributed by atoms with Crippen molar-refractivity contribution in [3.8, 4) is 0 Å². The van der Waals surface area contributed by atoms with Crippen LogP contribution >= 0.6 is 0 Å². The van der Waals surface area contributed by atoms with Crippen LogP contribution < -0.4 is 11.1 Å². The minimum atomic E-state index is -0.188. The molecule has 0 radical (unpaired) electrons. The molecule has 1 heterocycles. The van der Waals surface area contributed by atoms with Crippen molar-refractivity contribution in [2.75, 3.05) is 5.32 Å². The summed E-state index contributed by atoms with van der Waals surface area (Å²) in [6.07, 6.45) is 2.38. The fraction of sp³-hybridized carbons (Fsp3) is 0.714. The highest BCUT2D eigenvalue weighted by Gasteiger charge is 2.23. The minimum Gasteiger partial charge on any atom is -0.406 e. The van der Waals surface area contributed by atoms with Gasteiger partial charge in [-0.3, -0.25) is 0 Å². The molecule has 1 fully saturated rings. The fourth-order valence-corrected chi connectivity index (χ4v) is 0.879. The number of nitrogens with zero attached hydrogens (tertiary/aromatic N) is 2. The second kappa shape index (κ2) is 2.75. The van der Waals surface area contributed by atoms with Gasteiger partial charge in [-0.15, -0.1) is 5.10 Å². The molecule has 12 heavy (non-hydrogen) atoms. The van der Waals surface area contributed by atoms with Crippen molar-refractivity contribution in [2.24, 2.45) is 5.73 Å². The first-order valence-corrected chi connectivity index (χ1v) is 4.11. The Morgan fingerprint density at radius 3 is 2.83 bits per heavy atom. The molecule has 5 heteroatoms. The molecular formula is C7H12N4O. The first-order chi connectivity index (χ1) is 5.75. The fourth-order valence-electron chi connectivity index (χ4n) is 0.879. The second-order valence-corrected chi connectivity index (χ2v) is 3.15. The Hall–Kier alpha value is -1.10. The molecule has 1 aliphatic carbocycles. The first-order valence-electron chi connectivity index (χ1n) is 4.11. The summed E-state index contributed by atoms with van der Waals surface area (Å²) in [7, 11) is 0. The van der Waals surface area contributed by atoms with Crippen LogP contribution in [0.4, 0.5) is 6.01 Å². The highest BCUT2D eigenvalue weighted by atomic mass is 16.4. The van der Waals surface area contributed by atoms with E-state index in [0.717, 1.165) is 0 Å². The van der Waals surface area contributed by atoms with Gasteiger partial charge in [-0.1, -0.05) is 5.10 Å². The van der Waals surface area contributed by atoms with Crippen molar-refractivity contribution in [2.45, 2.75) is 31.8 Å². The number of hydrogen-bond donors (Lipinski definition) is 2. The van der Waals surface area contributed by atoms with Gasteiger partial charge in [0.05, 0.1) is 6.04 Å². The van der Waals surface area contributed by atoms with Gasteiger partial charge in [-0.25, -0.2) is 0 Å². The van der Waals surface area contributed by atoms with Gasteiger partial charge in [-0.2, -0.15) is 0 Å². The second-order valence-electron chi connectivity index (χ2n) is 3.15. The molecular weight excluding hydrogens is 156 g/mol. The summed E-state index contributed by atoms with van der Waals surface area (Å²) >= 11 is 0. The highest BCUT2D eigenvalue weighted by molar-refractivity contribution is 5.22. The maximum Gasteiger partial charge on any atom is 0.315 e. The van der Waals surface area contributed by atoms with E-state index in [9.17, 15) is 0 Å². The molecule has 0 saturated heterocycles. The molecule has 66 valence electrons. The van der Waals surface area contributed by atoms with Crippen molar-refractivity contribution in [1.82, 2.24) is 10.2 Å². The standard InChI is InChI=1S/C7H12N4O/c1-4(8)6-10-11-7(12-6)9-5-2-3-5/h4-5H,2-3,8H2,1H3,(H,9,11). The molecule has 5 nitrogen and oxygen atoms in total. The van der Waals surface area contributed by atoms with Gasteiger partial charge < -0.3 is 15.5 Å². The van der Waals surface area contributed by atoms with Crippen LogP contribution in [-0.4, -0.2) is 16.2 Å². The van der Waals surface area contributed by atoms with Crippen LogP contribution in [0.15, 0.2) is 4.42 Å². The zero-order chi connectivity index (χ0) is 8.55. The highest BCUT2D eigenvalue weighted by Crippen LogP contribution is 2.24. The quantitative estimate of drug-likeness (QED) is 0.693. The van der Waals surface area contributed by atoms with Crippen molar-refractivity contribution in [1.29, 1.82) is 0 Å². The molecule has 1 atom stereocenters. The maximum atomic E-state index is 5.55. The zero-order valence-electron chi connectivity index (χ0n) is 6.95. The molecule has 0 amide bonds. The normalized spacial score (nSPS) is 19.2. The number of aromatic nitrogens is 2. The monoisotopic (exact) mass is 168 g/mol. The molecule has 2 rings (SSSR count). The van der Waals surface area contributed by atoms with Crippen LogP contribution in [0.25, 0.3) is 0 Å². The van der Waals surface area contributed by atoms with Crippen molar-refractivity contribution in [3.63, 3.8) is 0 Å². The lowest BCUT2D eigenvalue weighted by atomic mass is 10.4. The average molecular weight is 168 g/mol.